The van der Waals surface area contributed by atoms with Crippen LogP contribution in [0.4, 0.5) is 0 Å². The van der Waals surface area contributed by atoms with Gasteiger partial charge in [0.15, 0.2) is 6.10 Å². The number of esters is 3. The fourth-order valence-electron chi connectivity index (χ4n) is 7.74. The average Bonchev–Trinajstić information content (AvgIpc) is 3.21. The summed E-state index contributed by atoms with van der Waals surface area (Å²) in [6, 6.07) is 0. The summed E-state index contributed by atoms with van der Waals surface area (Å²) in [4.78, 5) is 37.9. The van der Waals surface area contributed by atoms with Gasteiger partial charge < -0.3 is 14.2 Å². The molecular formula is C51H98O6. The first-order valence-corrected chi connectivity index (χ1v) is 25.5. The number of rotatable bonds is 47. The SMILES string of the molecule is CCCCCCCCCCCCCCCCCC(=O)O[C@H](COC(=O)CCCCCCCCCCCCC)COC(=O)CCCCCCCCCCCCCCC. The van der Waals surface area contributed by atoms with Gasteiger partial charge in [-0.05, 0) is 19.3 Å². The van der Waals surface area contributed by atoms with E-state index in [1.54, 1.807) is 0 Å². The van der Waals surface area contributed by atoms with Crippen LogP contribution < -0.4 is 0 Å². The molecule has 0 heterocycles. The monoisotopic (exact) mass is 807 g/mol. The molecule has 0 spiro atoms. The molecule has 338 valence electrons. The van der Waals surface area contributed by atoms with E-state index in [0.29, 0.717) is 19.3 Å². The van der Waals surface area contributed by atoms with Gasteiger partial charge in [0, 0.05) is 19.3 Å². The Morgan fingerprint density at radius 3 is 0.702 bits per heavy atom. The quantitative estimate of drug-likeness (QED) is 0.0346. The van der Waals surface area contributed by atoms with Crippen molar-refractivity contribution in [1.82, 2.24) is 0 Å². The zero-order valence-corrected chi connectivity index (χ0v) is 38.6. The van der Waals surface area contributed by atoms with Crippen LogP contribution in [0.1, 0.15) is 290 Å². The first-order valence-electron chi connectivity index (χ1n) is 25.5. The number of ether oxygens (including phenoxy) is 3. The molecule has 0 amide bonds. The van der Waals surface area contributed by atoms with Crippen LogP contribution in [0.5, 0.6) is 0 Å². The Kier molecular flexibility index (Phi) is 45.8. The summed E-state index contributed by atoms with van der Waals surface area (Å²) in [6.45, 7) is 6.67. The van der Waals surface area contributed by atoms with E-state index >= 15 is 0 Å². The van der Waals surface area contributed by atoms with Gasteiger partial charge in [0.2, 0.25) is 0 Å². The van der Waals surface area contributed by atoms with Gasteiger partial charge in [-0.25, -0.2) is 0 Å². The van der Waals surface area contributed by atoms with Crippen molar-refractivity contribution in [2.24, 2.45) is 0 Å². The van der Waals surface area contributed by atoms with Crippen LogP contribution in [-0.4, -0.2) is 37.2 Å². The number of hydrogen-bond donors (Lipinski definition) is 0. The molecule has 0 radical (unpaired) electrons. The van der Waals surface area contributed by atoms with Crippen molar-refractivity contribution in [3.8, 4) is 0 Å². The molecular weight excluding hydrogens is 709 g/mol. The lowest BCUT2D eigenvalue weighted by Gasteiger charge is -2.18. The maximum Gasteiger partial charge on any atom is 0.306 e. The van der Waals surface area contributed by atoms with Crippen molar-refractivity contribution >= 4 is 17.9 Å². The molecule has 0 aliphatic rings. The molecule has 0 rings (SSSR count). The number of hydrogen-bond acceptors (Lipinski definition) is 6. The van der Waals surface area contributed by atoms with Crippen LogP contribution in [0.25, 0.3) is 0 Å². The van der Waals surface area contributed by atoms with Gasteiger partial charge in [0.05, 0.1) is 0 Å². The molecule has 6 nitrogen and oxygen atoms in total. The van der Waals surface area contributed by atoms with Crippen LogP contribution >= 0.6 is 0 Å². The van der Waals surface area contributed by atoms with Crippen molar-refractivity contribution in [3.05, 3.63) is 0 Å². The Labute approximate surface area is 355 Å². The summed E-state index contributed by atoms with van der Waals surface area (Å²) in [5, 5.41) is 0. The molecule has 0 saturated heterocycles. The zero-order valence-electron chi connectivity index (χ0n) is 38.6. The van der Waals surface area contributed by atoms with E-state index in [1.807, 2.05) is 0 Å². The predicted molar refractivity (Wildman–Crippen MR) is 243 cm³/mol. The zero-order chi connectivity index (χ0) is 41.5. The van der Waals surface area contributed by atoms with Gasteiger partial charge >= 0.3 is 17.9 Å². The molecule has 0 aliphatic heterocycles. The van der Waals surface area contributed by atoms with E-state index < -0.39 is 6.10 Å². The van der Waals surface area contributed by atoms with Gasteiger partial charge in [-0.2, -0.15) is 0 Å². The fraction of sp³-hybridized carbons (Fsp3) is 0.941. The highest BCUT2D eigenvalue weighted by molar-refractivity contribution is 5.71. The summed E-state index contributed by atoms with van der Waals surface area (Å²) < 4.78 is 16.8. The minimum atomic E-state index is -0.759. The first-order chi connectivity index (χ1) is 28.0. The van der Waals surface area contributed by atoms with E-state index in [4.69, 9.17) is 14.2 Å². The maximum atomic E-state index is 12.8. The third-order valence-electron chi connectivity index (χ3n) is 11.6. The summed E-state index contributed by atoms with van der Waals surface area (Å²) in [7, 11) is 0. The molecule has 0 aliphatic carbocycles. The topological polar surface area (TPSA) is 78.9 Å². The Bertz CT molecular complexity index is 844. The fourth-order valence-corrected chi connectivity index (χ4v) is 7.74. The highest BCUT2D eigenvalue weighted by atomic mass is 16.6. The van der Waals surface area contributed by atoms with Crippen LogP contribution in [0.3, 0.4) is 0 Å². The second-order valence-electron chi connectivity index (χ2n) is 17.5. The van der Waals surface area contributed by atoms with Gasteiger partial charge in [0.1, 0.15) is 13.2 Å². The van der Waals surface area contributed by atoms with Gasteiger partial charge in [-0.1, -0.05) is 252 Å². The predicted octanol–water partition coefficient (Wildman–Crippen LogP) is 16.4. The van der Waals surface area contributed by atoms with Crippen LogP contribution in [0.15, 0.2) is 0 Å². The van der Waals surface area contributed by atoms with Crippen LogP contribution in [0.2, 0.25) is 0 Å². The van der Waals surface area contributed by atoms with Gasteiger partial charge in [-0.3, -0.25) is 14.4 Å². The largest absolute Gasteiger partial charge is 0.462 e. The highest BCUT2D eigenvalue weighted by Crippen LogP contribution is 2.17. The Balaban J connectivity index is 4.30. The van der Waals surface area contributed by atoms with Crippen LogP contribution in [0, 0.1) is 0 Å². The van der Waals surface area contributed by atoms with E-state index in [1.165, 1.54) is 193 Å². The lowest BCUT2D eigenvalue weighted by Crippen LogP contribution is -2.30. The third kappa shape index (κ3) is 45.3. The molecule has 0 fully saturated rings. The third-order valence-corrected chi connectivity index (χ3v) is 11.6. The first kappa shape index (κ1) is 55.4. The van der Waals surface area contributed by atoms with Gasteiger partial charge in [0.25, 0.3) is 0 Å². The van der Waals surface area contributed by atoms with E-state index in [-0.39, 0.29) is 31.1 Å². The Hall–Kier alpha value is -1.59. The van der Waals surface area contributed by atoms with Crippen molar-refractivity contribution in [3.63, 3.8) is 0 Å². The molecule has 0 aromatic heterocycles. The number of carbonyl (C=O) groups excluding carboxylic acids is 3. The number of carbonyl (C=O) groups is 3. The minimum Gasteiger partial charge on any atom is -0.462 e. The second kappa shape index (κ2) is 47.1. The molecule has 0 unspecified atom stereocenters. The lowest BCUT2D eigenvalue weighted by atomic mass is 10.0. The second-order valence-corrected chi connectivity index (χ2v) is 17.5. The lowest BCUT2D eigenvalue weighted by molar-refractivity contribution is -0.167. The van der Waals surface area contributed by atoms with E-state index in [2.05, 4.69) is 20.8 Å². The molecule has 6 heteroatoms. The molecule has 1 atom stereocenters. The molecule has 0 bridgehead atoms. The van der Waals surface area contributed by atoms with E-state index in [9.17, 15) is 14.4 Å². The summed E-state index contributed by atoms with van der Waals surface area (Å²) >= 11 is 0. The summed E-state index contributed by atoms with van der Waals surface area (Å²) in [5.74, 6) is -0.842. The number of unbranched alkanes of at least 4 members (excludes halogenated alkanes) is 36. The standard InChI is InChI=1S/C51H98O6/c1-4-7-10-13-16-19-22-24-25-27-30-33-36-39-42-45-51(54)57-48(46-55-49(52)43-40-37-34-31-28-21-18-15-12-9-6-3)47-56-50(53)44-41-38-35-32-29-26-23-20-17-14-11-8-5-2/h48H,4-47H2,1-3H3/t48-/m1/s1. The van der Waals surface area contributed by atoms with E-state index in [0.717, 1.165) is 57.8 Å². The minimum absolute atomic E-state index is 0.0619. The normalized spacial score (nSPS) is 11.8. The van der Waals surface area contributed by atoms with Crippen molar-refractivity contribution < 1.29 is 28.6 Å². The van der Waals surface area contributed by atoms with Crippen molar-refractivity contribution in [2.45, 2.75) is 297 Å². The Morgan fingerprint density at radius 2 is 0.474 bits per heavy atom. The molecule has 0 aromatic carbocycles. The maximum absolute atomic E-state index is 12.8. The van der Waals surface area contributed by atoms with Crippen molar-refractivity contribution in [1.29, 1.82) is 0 Å². The van der Waals surface area contributed by atoms with Gasteiger partial charge in [-0.15, -0.1) is 0 Å². The Morgan fingerprint density at radius 1 is 0.281 bits per heavy atom. The summed E-state index contributed by atoms with van der Waals surface area (Å²) in [6.07, 6.45) is 49.4. The molecule has 57 heavy (non-hydrogen) atoms. The highest BCUT2D eigenvalue weighted by Gasteiger charge is 2.19. The summed E-state index contributed by atoms with van der Waals surface area (Å²) in [5.41, 5.74) is 0. The average molecular weight is 807 g/mol. The van der Waals surface area contributed by atoms with Crippen LogP contribution in [-0.2, 0) is 28.6 Å². The molecule has 0 saturated carbocycles. The van der Waals surface area contributed by atoms with Crippen molar-refractivity contribution in [2.75, 3.05) is 13.2 Å². The molecule has 0 N–H and O–H groups in total. The smallest absolute Gasteiger partial charge is 0.306 e. The molecule has 0 aromatic rings.